The highest BCUT2D eigenvalue weighted by Crippen LogP contribution is 2.49. The molecular formula is C11H12O7S2. The minimum atomic E-state index is -4.58. The van der Waals surface area contributed by atoms with E-state index in [1.165, 1.54) is 19.1 Å². The number of phenols is 1. The molecule has 0 saturated heterocycles. The summed E-state index contributed by atoms with van der Waals surface area (Å²) in [5.41, 5.74) is 0.244. The number of benzene rings is 2. The summed E-state index contributed by atoms with van der Waals surface area (Å²) in [5, 5.41) is 9.97. The van der Waals surface area contributed by atoms with Crippen LogP contribution in [0.1, 0.15) is 5.56 Å². The minimum absolute atomic E-state index is 0.111. The van der Waals surface area contributed by atoms with Gasteiger partial charge in [-0.15, -0.1) is 0 Å². The van der Waals surface area contributed by atoms with Crippen LogP contribution in [0.25, 0.3) is 10.8 Å². The Hall–Kier alpha value is -1.36. The maximum absolute atomic E-state index is 11.2. The van der Waals surface area contributed by atoms with Crippen LogP contribution < -0.4 is 0 Å². The van der Waals surface area contributed by atoms with Crippen LogP contribution in [0.3, 0.4) is 0 Å². The molecular weight excluding hydrogens is 308 g/mol. The van der Waals surface area contributed by atoms with Crippen molar-refractivity contribution in [3.05, 3.63) is 29.8 Å². The number of rotatable bonds is 2. The molecule has 0 amide bonds. The maximum atomic E-state index is 11.2. The molecule has 0 saturated carbocycles. The Morgan fingerprint density at radius 3 is 2.10 bits per heavy atom. The topological polar surface area (TPSA) is 135 Å². The van der Waals surface area contributed by atoms with E-state index < -0.39 is 30.8 Å². The van der Waals surface area contributed by atoms with Gasteiger partial charge in [-0.2, -0.15) is 8.42 Å². The second kappa shape index (κ2) is 4.58. The molecule has 0 bridgehead atoms. The summed E-state index contributed by atoms with van der Waals surface area (Å²) < 4.78 is 59.7. The van der Waals surface area contributed by atoms with Gasteiger partial charge in [0.2, 0.25) is 0 Å². The van der Waals surface area contributed by atoms with Gasteiger partial charge in [0.1, 0.15) is 16.6 Å². The number of hydrogen-bond donors (Lipinski definition) is 5. The molecule has 0 fully saturated rings. The van der Waals surface area contributed by atoms with E-state index in [1.54, 1.807) is 0 Å². The van der Waals surface area contributed by atoms with Crippen LogP contribution >= 0.6 is 10.9 Å². The number of aryl methyl sites for hydroxylation is 1. The fourth-order valence-electron chi connectivity index (χ4n) is 1.93. The van der Waals surface area contributed by atoms with Gasteiger partial charge in [-0.25, -0.2) is 0 Å². The van der Waals surface area contributed by atoms with Crippen LogP contribution in [-0.4, -0.2) is 31.7 Å². The lowest BCUT2D eigenvalue weighted by atomic mass is 10.0. The van der Waals surface area contributed by atoms with Gasteiger partial charge in [0, 0.05) is 5.39 Å². The van der Waals surface area contributed by atoms with E-state index in [0.717, 1.165) is 12.1 Å². The first-order valence-electron chi connectivity index (χ1n) is 5.26. The van der Waals surface area contributed by atoms with Gasteiger partial charge in [-0.1, -0.05) is 6.07 Å². The van der Waals surface area contributed by atoms with Crippen LogP contribution in [0.5, 0.6) is 5.75 Å². The van der Waals surface area contributed by atoms with E-state index in [4.69, 9.17) is 4.55 Å². The van der Waals surface area contributed by atoms with Crippen molar-refractivity contribution in [2.75, 3.05) is 0 Å². The van der Waals surface area contributed by atoms with Crippen molar-refractivity contribution in [3.63, 3.8) is 0 Å². The second-order valence-corrected chi connectivity index (χ2v) is 7.12. The van der Waals surface area contributed by atoms with E-state index in [9.17, 15) is 27.2 Å². The number of fused-ring (bicyclic) bond motifs is 1. The van der Waals surface area contributed by atoms with Crippen molar-refractivity contribution >= 4 is 31.8 Å². The number of phenolic OH excluding ortho intramolecular Hbond substituents is 1. The summed E-state index contributed by atoms with van der Waals surface area (Å²) in [6, 6.07) is 4.49. The Morgan fingerprint density at radius 1 is 1.00 bits per heavy atom. The molecule has 20 heavy (non-hydrogen) atoms. The smallest absolute Gasteiger partial charge is 0.294 e. The fourth-order valence-corrected chi connectivity index (χ4v) is 3.38. The summed E-state index contributed by atoms with van der Waals surface area (Å²) in [6.07, 6.45) is 0. The minimum Gasteiger partial charge on any atom is -0.508 e. The summed E-state index contributed by atoms with van der Waals surface area (Å²) in [6.45, 7) is 1.47. The highest BCUT2D eigenvalue weighted by molar-refractivity contribution is 8.19. The lowest BCUT2D eigenvalue weighted by Gasteiger charge is -2.23. The Bertz CT molecular complexity index is 791. The van der Waals surface area contributed by atoms with Crippen LogP contribution in [-0.2, 0) is 10.1 Å². The van der Waals surface area contributed by atoms with Crippen LogP contribution in [0.4, 0.5) is 0 Å². The van der Waals surface area contributed by atoms with Gasteiger partial charge in [-0.3, -0.25) is 4.55 Å². The zero-order valence-electron chi connectivity index (χ0n) is 10.2. The normalized spacial score (nSPS) is 13.7. The van der Waals surface area contributed by atoms with Crippen LogP contribution in [0.15, 0.2) is 34.1 Å². The lowest BCUT2D eigenvalue weighted by molar-refractivity contribution is 0.377. The zero-order chi connectivity index (χ0) is 15.3. The number of aromatic hydroxyl groups is 1. The third-order valence-electron chi connectivity index (χ3n) is 2.88. The summed E-state index contributed by atoms with van der Waals surface area (Å²) in [5.74, 6) is -0.151. The van der Waals surface area contributed by atoms with E-state index in [0.29, 0.717) is 0 Å². The molecule has 2 aromatic rings. The van der Waals surface area contributed by atoms with Crippen molar-refractivity contribution in [3.8, 4) is 5.75 Å². The predicted octanol–water partition coefficient (Wildman–Crippen LogP) is 2.68. The van der Waals surface area contributed by atoms with E-state index in [2.05, 4.69) is 0 Å². The van der Waals surface area contributed by atoms with Gasteiger partial charge >= 0.3 is 0 Å². The molecule has 0 unspecified atom stereocenters. The monoisotopic (exact) mass is 320 g/mol. The summed E-state index contributed by atoms with van der Waals surface area (Å²) in [4.78, 5) is -1.06. The Labute approximate surface area is 116 Å². The highest BCUT2D eigenvalue weighted by atomic mass is 32.3. The highest BCUT2D eigenvalue weighted by Gasteiger charge is 2.24. The van der Waals surface area contributed by atoms with Crippen LogP contribution in [0.2, 0.25) is 0 Å². The maximum Gasteiger partial charge on any atom is 0.294 e. The first kappa shape index (κ1) is 15.0. The van der Waals surface area contributed by atoms with E-state index >= 15 is 0 Å². The van der Waals surface area contributed by atoms with Gasteiger partial charge in [0.25, 0.3) is 10.1 Å². The second-order valence-electron chi connectivity index (χ2n) is 4.22. The average Bonchev–Trinajstić information content (AvgIpc) is 2.30. The zero-order valence-corrected chi connectivity index (χ0v) is 11.8. The molecule has 2 rings (SSSR count). The molecule has 0 heterocycles. The van der Waals surface area contributed by atoms with Gasteiger partial charge in [-0.05, 0) is 36.1 Å². The van der Waals surface area contributed by atoms with Crippen molar-refractivity contribution in [1.82, 2.24) is 0 Å². The molecule has 0 radical (unpaired) electrons. The molecule has 7 nitrogen and oxygen atoms in total. The standard InChI is InChI=1S/C11H12O7S2/c1-6-9(12)3-2-7-4-8(19(13,14)15)5-10(11(6)7)20(16,17)18/h2-5,12,16-18H,1H3,(H,13,14,15). The van der Waals surface area contributed by atoms with Crippen molar-refractivity contribution < 1.29 is 31.7 Å². The molecule has 0 aliphatic carbocycles. The average molecular weight is 320 g/mol. The largest absolute Gasteiger partial charge is 0.508 e. The van der Waals surface area contributed by atoms with Gasteiger partial charge in [0.15, 0.2) is 0 Å². The molecule has 2 aromatic carbocycles. The van der Waals surface area contributed by atoms with E-state index in [-0.39, 0.29) is 22.1 Å². The predicted molar refractivity (Wildman–Crippen MR) is 73.9 cm³/mol. The first-order chi connectivity index (χ1) is 9.01. The van der Waals surface area contributed by atoms with Crippen LogP contribution in [0, 0.1) is 6.92 Å². The third-order valence-corrected chi connectivity index (χ3v) is 4.62. The van der Waals surface area contributed by atoms with Crippen molar-refractivity contribution in [1.29, 1.82) is 0 Å². The van der Waals surface area contributed by atoms with Gasteiger partial charge in [0.05, 0.1) is 9.79 Å². The number of hydrogen-bond acceptors (Lipinski definition) is 6. The SMILES string of the molecule is Cc1c(O)ccc2cc(S(=O)(=O)O)cc(S(O)(O)O)c12. The molecule has 0 aliphatic rings. The molecule has 0 aromatic heterocycles. The third kappa shape index (κ3) is 2.59. The van der Waals surface area contributed by atoms with E-state index in [1.807, 2.05) is 0 Å². The summed E-state index contributed by atoms with van der Waals surface area (Å²) in [7, 11) is -8.82. The lowest BCUT2D eigenvalue weighted by Crippen LogP contribution is -2.03. The van der Waals surface area contributed by atoms with Crippen molar-refractivity contribution in [2.24, 2.45) is 0 Å². The molecule has 0 spiro atoms. The molecule has 9 heteroatoms. The fraction of sp³-hybridized carbons (Fsp3) is 0.0909. The summed E-state index contributed by atoms with van der Waals surface area (Å²) >= 11 is 0. The Kier molecular flexibility index (Phi) is 3.45. The molecule has 0 aliphatic heterocycles. The molecule has 5 N–H and O–H groups in total. The quantitative estimate of drug-likeness (QED) is 0.537. The molecule has 0 atom stereocenters. The van der Waals surface area contributed by atoms with Crippen molar-refractivity contribution in [2.45, 2.75) is 16.7 Å². The Balaban J connectivity index is 3.01. The first-order valence-corrected chi connectivity index (χ1v) is 8.20. The molecule has 110 valence electrons. The van der Waals surface area contributed by atoms with Gasteiger partial charge < -0.3 is 18.8 Å². The Morgan fingerprint density at radius 2 is 1.60 bits per heavy atom.